The molecule has 18 heteroatoms. The van der Waals surface area contributed by atoms with Crippen LogP contribution in [-0.2, 0) is 16.1 Å². The van der Waals surface area contributed by atoms with Gasteiger partial charge in [0.2, 0.25) is 5.91 Å². The number of pyridine rings is 1. The van der Waals surface area contributed by atoms with Gasteiger partial charge in [-0.3, -0.25) is 9.69 Å². The van der Waals surface area contributed by atoms with Crippen molar-refractivity contribution in [3.05, 3.63) is 83.8 Å². The van der Waals surface area contributed by atoms with E-state index in [4.69, 9.17) is 19.7 Å². The van der Waals surface area contributed by atoms with Crippen molar-refractivity contribution >= 4 is 39.6 Å². The Balaban J connectivity index is 1.15. The Morgan fingerprint density at radius 3 is 2.54 bits per heavy atom. The summed E-state index contributed by atoms with van der Waals surface area (Å²) in [6.45, 7) is 2.78. The normalized spacial score (nSPS) is 20.6. The van der Waals surface area contributed by atoms with E-state index in [1.807, 2.05) is 28.5 Å². The predicted octanol–water partition coefficient (Wildman–Crippen LogP) is 5.16. The highest BCUT2D eigenvalue weighted by Crippen LogP contribution is 2.37. The molecule has 0 radical (unpaired) electrons. The SMILES string of the molecule is CO[C@H]1CN(C)C(=O)[C@@H]2C[C@@H](CN2c2nc(C3CN(CC(F)F)C3)nc3c2cnn3-c2ccc(F)cc2F)Nc2cccc(n2)-c2cc(F)cc3nc(C)n(c23)C1. The Morgan fingerprint density at radius 1 is 0.947 bits per heavy atom. The molecule has 7 heterocycles. The molecule has 0 aliphatic carbocycles. The Hall–Kier alpha value is -5.75. The number of carbonyl (C=O) groups excluding carboxylic acids is 1. The maximum Gasteiger partial charge on any atom is 0.251 e. The van der Waals surface area contributed by atoms with Crippen LogP contribution < -0.4 is 10.2 Å². The first-order valence-electron chi connectivity index (χ1n) is 18.6. The smallest absolute Gasteiger partial charge is 0.251 e. The highest BCUT2D eigenvalue weighted by Gasteiger charge is 2.42. The first-order chi connectivity index (χ1) is 27.4. The number of nitrogens with zero attached hydrogens (tertiary/aromatic N) is 10. The average Bonchev–Trinajstić information content (AvgIpc) is 3.86. The van der Waals surface area contributed by atoms with E-state index in [1.165, 1.54) is 29.1 Å². The lowest BCUT2D eigenvalue weighted by Gasteiger charge is -2.38. The number of methoxy groups -OCH3 is 1. The fraction of sp³-hybridized carbons (Fsp3) is 0.385. The zero-order chi connectivity index (χ0) is 39.7. The fourth-order valence-corrected chi connectivity index (χ4v) is 8.33. The maximum atomic E-state index is 15.2. The van der Waals surface area contributed by atoms with Crippen LogP contribution in [0.5, 0.6) is 0 Å². The Morgan fingerprint density at radius 2 is 1.77 bits per heavy atom. The molecule has 1 amide bonds. The quantitative estimate of drug-likeness (QED) is 0.227. The third kappa shape index (κ3) is 6.69. The Bertz CT molecular complexity index is 2520. The largest absolute Gasteiger partial charge is 0.378 e. The van der Waals surface area contributed by atoms with Gasteiger partial charge in [0.05, 0.1) is 47.5 Å². The number of likely N-dealkylation sites (tertiary alicyclic amines) is 1. The van der Waals surface area contributed by atoms with Crippen LogP contribution in [0.1, 0.15) is 24.0 Å². The minimum Gasteiger partial charge on any atom is -0.378 e. The zero-order valence-corrected chi connectivity index (χ0v) is 31.2. The number of rotatable bonds is 6. The van der Waals surface area contributed by atoms with Crippen LogP contribution in [-0.4, -0.2) is 121 Å². The number of halogens is 5. The van der Waals surface area contributed by atoms with Crippen molar-refractivity contribution in [2.24, 2.45) is 0 Å². The zero-order valence-electron chi connectivity index (χ0n) is 31.2. The summed E-state index contributed by atoms with van der Waals surface area (Å²) in [5.74, 6) is -0.780. The monoisotopic (exact) mass is 787 g/mol. The summed E-state index contributed by atoms with van der Waals surface area (Å²) in [7, 11) is 3.28. The standard InChI is InChI=1S/C39H38F5N11O2/c1-20-46-30-11-23(41)9-26-29-5-4-6-34(48-29)47-24-12-32(39(56)51(2)17-25(57-3)18-53(20)35(26)30)54(16-24)37-27-13-45-55(31-8-7-22(40)10-28(31)42)38(27)50-36(49-37)21-14-52(15-21)19-33(43)44/h4-11,13,21,24-25,32-33H,12,14-19H2,1-3H3,(H,47,48)/t24-,25-,32-/m0/s1. The molecule has 3 aliphatic heterocycles. The molecular formula is C39H38F5N11O2. The highest BCUT2D eigenvalue weighted by atomic mass is 19.3. The van der Waals surface area contributed by atoms with E-state index in [1.54, 1.807) is 30.0 Å². The first-order valence-corrected chi connectivity index (χ1v) is 18.6. The summed E-state index contributed by atoms with van der Waals surface area (Å²) < 4.78 is 79.9. The highest BCUT2D eigenvalue weighted by molar-refractivity contribution is 5.94. The van der Waals surface area contributed by atoms with Gasteiger partial charge in [-0.2, -0.15) is 5.10 Å². The summed E-state index contributed by atoms with van der Waals surface area (Å²) in [6, 6.07) is 10.3. The van der Waals surface area contributed by atoms with Crippen molar-refractivity contribution in [1.29, 1.82) is 0 Å². The minimum atomic E-state index is -2.51. The molecule has 0 unspecified atom stereocenters. The maximum absolute atomic E-state index is 15.2. The lowest BCUT2D eigenvalue weighted by atomic mass is 9.99. The number of hydrogen-bond acceptors (Lipinski definition) is 10. The minimum absolute atomic E-state index is 0.0480. The second-order valence-electron chi connectivity index (χ2n) is 14.9. The van der Waals surface area contributed by atoms with Crippen LogP contribution in [0.4, 0.5) is 33.6 Å². The first kappa shape index (κ1) is 36.9. The number of hydrogen-bond donors (Lipinski definition) is 1. The molecule has 57 heavy (non-hydrogen) atoms. The van der Waals surface area contributed by atoms with E-state index in [2.05, 4.69) is 15.4 Å². The molecule has 0 saturated carbocycles. The number of amides is 1. The molecule has 13 nitrogen and oxygen atoms in total. The fourth-order valence-electron chi connectivity index (χ4n) is 8.33. The number of aromatic nitrogens is 7. The van der Waals surface area contributed by atoms with Gasteiger partial charge in [-0.05, 0) is 43.7 Å². The number of aryl methyl sites for hydroxylation is 1. The van der Waals surface area contributed by atoms with Gasteiger partial charge in [0, 0.05) is 70.0 Å². The molecule has 296 valence electrons. The average molecular weight is 788 g/mol. The van der Waals surface area contributed by atoms with Gasteiger partial charge in [-0.15, -0.1) is 0 Å². The lowest BCUT2D eigenvalue weighted by Crippen LogP contribution is -2.48. The third-order valence-corrected chi connectivity index (χ3v) is 11.1. The number of carbonyl (C=O) groups is 1. The topological polar surface area (TPSA) is 122 Å². The van der Waals surface area contributed by atoms with Gasteiger partial charge in [0.15, 0.2) is 11.5 Å². The van der Waals surface area contributed by atoms with E-state index in [0.29, 0.717) is 63.9 Å². The van der Waals surface area contributed by atoms with Gasteiger partial charge in [0.25, 0.3) is 6.43 Å². The number of alkyl halides is 2. The number of anilines is 2. The number of fused-ring (bicyclic) bond motifs is 6. The molecule has 2 saturated heterocycles. The number of imidazole rings is 1. The molecular weight excluding hydrogens is 749 g/mol. The Kier molecular flexibility index (Phi) is 9.26. The molecule has 0 spiro atoms. The molecule has 4 aromatic heterocycles. The molecule has 4 bridgehead atoms. The summed E-state index contributed by atoms with van der Waals surface area (Å²) >= 11 is 0. The van der Waals surface area contributed by atoms with Crippen LogP contribution in [0.2, 0.25) is 0 Å². The summed E-state index contributed by atoms with van der Waals surface area (Å²) in [5.41, 5.74) is 2.43. The number of ether oxygens (including phenoxy) is 1. The molecule has 6 aromatic rings. The van der Waals surface area contributed by atoms with Gasteiger partial charge in [-0.1, -0.05) is 6.07 Å². The van der Waals surface area contributed by atoms with Gasteiger partial charge < -0.3 is 24.4 Å². The van der Waals surface area contributed by atoms with Crippen molar-refractivity contribution < 1.29 is 31.5 Å². The van der Waals surface area contributed by atoms with Crippen molar-refractivity contribution in [2.45, 2.75) is 50.4 Å². The van der Waals surface area contributed by atoms with E-state index in [0.717, 1.165) is 12.1 Å². The number of benzene rings is 2. The van der Waals surface area contributed by atoms with E-state index < -0.39 is 42.6 Å². The van der Waals surface area contributed by atoms with Crippen LogP contribution in [0, 0.1) is 24.4 Å². The molecule has 3 aliphatic rings. The van der Waals surface area contributed by atoms with Gasteiger partial charge in [0.1, 0.15) is 46.6 Å². The third-order valence-electron chi connectivity index (χ3n) is 11.1. The molecule has 2 fully saturated rings. The summed E-state index contributed by atoms with van der Waals surface area (Å²) in [5, 5.41) is 8.36. The van der Waals surface area contributed by atoms with Crippen LogP contribution in [0.15, 0.2) is 54.7 Å². The molecule has 2 aromatic carbocycles. The second-order valence-corrected chi connectivity index (χ2v) is 14.9. The predicted molar refractivity (Wildman–Crippen MR) is 201 cm³/mol. The molecule has 9 rings (SSSR count). The van der Waals surface area contributed by atoms with Crippen LogP contribution in [0.3, 0.4) is 0 Å². The van der Waals surface area contributed by atoms with Gasteiger partial charge >= 0.3 is 0 Å². The van der Waals surface area contributed by atoms with E-state index >= 15 is 8.78 Å². The second kappa shape index (κ2) is 14.3. The molecule has 3 atom stereocenters. The van der Waals surface area contributed by atoms with Crippen molar-refractivity contribution in [2.75, 3.05) is 57.1 Å². The van der Waals surface area contributed by atoms with Crippen LogP contribution >= 0.6 is 0 Å². The van der Waals surface area contributed by atoms with E-state index in [9.17, 15) is 18.0 Å². The lowest BCUT2D eigenvalue weighted by molar-refractivity contribution is -0.132. The molecule has 1 N–H and O–H groups in total. The van der Waals surface area contributed by atoms with Crippen molar-refractivity contribution in [1.82, 2.24) is 44.1 Å². The Labute approximate surface area is 323 Å². The van der Waals surface area contributed by atoms with Crippen molar-refractivity contribution in [3.63, 3.8) is 0 Å². The van der Waals surface area contributed by atoms with Gasteiger partial charge in [-0.25, -0.2) is 46.6 Å². The van der Waals surface area contributed by atoms with Crippen LogP contribution in [0.25, 0.3) is 39.0 Å². The number of likely N-dealkylation sites (N-methyl/N-ethyl adjacent to an activating group) is 1. The van der Waals surface area contributed by atoms with Crippen molar-refractivity contribution in [3.8, 4) is 16.9 Å². The number of nitrogens with one attached hydrogen (secondary N) is 1. The van der Waals surface area contributed by atoms with E-state index in [-0.39, 0.29) is 55.4 Å². The summed E-state index contributed by atoms with van der Waals surface area (Å²) in [4.78, 5) is 39.1. The summed E-state index contributed by atoms with van der Waals surface area (Å²) in [6.07, 6.45) is -1.19.